The van der Waals surface area contributed by atoms with Crippen LogP contribution in [0.3, 0.4) is 0 Å². The Labute approximate surface area is 91.1 Å². The number of nitrogens with zero attached hydrogens (tertiary/aromatic N) is 2. The van der Waals surface area contributed by atoms with Crippen molar-refractivity contribution < 1.29 is 4.74 Å². The van der Waals surface area contributed by atoms with Crippen LogP contribution in [0, 0.1) is 0 Å². The SMILES string of the molecule is COC(C)(C)c1nc2nc(N)[nH]c(=O)c2[nH]1. The Morgan fingerprint density at radius 2 is 2.00 bits per heavy atom. The molecule has 2 rings (SSSR count). The summed E-state index contributed by atoms with van der Waals surface area (Å²) in [4.78, 5) is 24.9. The first-order valence-corrected chi connectivity index (χ1v) is 4.75. The average Bonchev–Trinajstić information content (AvgIpc) is 2.62. The Morgan fingerprint density at radius 3 is 2.62 bits per heavy atom. The predicted octanol–water partition coefficient (Wildman–Crippen LogP) is 0.110. The van der Waals surface area contributed by atoms with Gasteiger partial charge in [0.1, 0.15) is 11.4 Å². The van der Waals surface area contributed by atoms with Gasteiger partial charge >= 0.3 is 0 Å². The number of fused-ring (bicyclic) bond motifs is 1. The number of anilines is 1. The van der Waals surface area contributed by atoms with Crippen LogP contribution in [0.5, 0.6) is 0 Å². The number of hydrogen-bond donors (Lipinski definition) is 3. The lowest BCUT2D eigenvalue weighted by Crippen LogP contribution is -2.21. The normalized spacial score (nSPS) is 12.2. The fraction of sp³-hybridized carbons (Fsp3) is 0.444. The smallest absolute Gasteiger partial charge is 0.278 e. The van der Waals surface area contributed by atoms with Crippen LogP contribution in [0.2, 0.25) is 0 Å². The first-order valence-electron chi connectivity index (χ1n) is 4.75. The Bertz CT molecular complexity index is 583. The van der Waals surface area contributed by atoms with E-state index in [1.54, 1.807) is 7.11 Å². The Hall–Kier alpha value is -1.89. The van der Waals surface area contributed by atoms with Gasteiger partial charge in [0.25, 0.3) is 5.56 Å². The van der Waals surface area contributed by atoms with E-state index >= 15 is 0 Å². The number of imidazole rings is 1. The molecule has 2 aromatic rings. The Morgan fingerprint density at radius 1 is 1.31 bits per heavy atom. The van der Waals surface area contributed by atoms with E-state index in [1.165, 1.54) is 0 Å². The number of H-pyrrole nitrogens is 2. The molecule has 4 N–H and O–H groups in total. The molecule has 86 valence electrons. The zero-order chi connectivity index (χ0) is 11.9. The first-order chi connectivity index (χ1) is 7.44. The summed E-state index contributed by atoms with van der Waals surface area (Å²) in [6, 6.07) is 0. The molecular formula is C9H13N5O2. The molecule has 2 heterocycles. The molecule has 7 nitrogen and oxygen atoms in total. The van der Waals surface area contributed by atoms with E-state index in [2.05, 4.69) is 19.9 Å². The number of methoxy groups -OCH3 is 1. The summed E-state index contributed by atoms with van der Waals surface area (Å²) in [6.07, 6.45) is 0. The molecule has 2 aromatic heterocycles. The number of aromatic amines is 2. The highest BCUT2D eigenvalue weighted by molar-refractivity contribution is 5.70. The van der Waals surface area contributed by atoms with Gasteiger partial charge in [-0.25, -0.2) is 4.98 Å². The highest BCUT2D eigenvalue weighted by Gasteiger charge is 2.24. The van der Waals surface area contributed by atoms with Crippen molar-refractivity contribution >= 4 is 17.1 Å². The van der Waals surface area contributed by atoms with Gasteiger partial charge in [-0.1, -0.05) is 0 Å². The molecule has 0 amide bonds. The van der Waals surface area contributed by atoms with Crippen molar-refractivity contribution in [2.24, 2.45) is 0 Å². The molecular weight excluding hydrogens is 210 g/mol. The number of ether oxygens (including phenoxy) is 1. The van der Waals surface area contributed by atoms with Crippen molar-refractivity contribution in [3.05, 3.63) is 16.2 Å². The molecule has 0 atom stereocenters. The van der Waals surface area contributed by atoms with Crippen LogP contribution in [0.15, 0.2) is 4.79 Å². The quantitative estimate of drug-likeness (QED) is 0.669. The minimum absolute atomic E-state index is 0.0470. The minimum Gasteiger partial charge on any atom is -0.371 e. The van der Waals surface area contributed by atoms with Crippen molar-refractivity contribution in [1.29, 1.82) is 0 Å². The monoisotopic (exact) mass is 223 g/mol. The van der Waals surface area contributed by atoms with Crippen molar-refractivity contribution in [2.75, 3.05) is 12.8 Å². The third-order valence-electron chi connectivity index (χ3n) is 2.46. The predicted molar refractivity (Wildman–Crippen MR) is 59.0 cm³/mol. The molecule has 0 aromatic carbocycles. The van der Waals surface area contributed by atoms with Gasteiger partial charge in [0.05, 0.1) is 0 Å². The molecule has 0 fully saturated rings. The summed E-state index contributed by atoms with van der Waals surface area (Å²) < 4.78 is 5.26. The third kappa shape index (κ3) is 1.54. The fourth-order valence-electron chi connectivity index (χ4n) is 1.31. The lowest BCUT2D eigenvalue weighted by Gasteiger charge is -2.19. The van der Waals surface area contributed by atoms with Gasteiger partial charge in [-0.3, -0.25) is 9.78 Å². The summed E-state index contributed by atoms with van der Waals surface area (Å²) >= 11 is 0. The van der Waals surface area contributed by atoms with Crippen LogP contribution in [0.4, 0.5) is 5.95 Å². The maximum absolute atomic E-state index is 11.5. The largest absolute Gasteiger partial charge is 0.371 e. The lowest BCUT2D eigenvalue weighted by atomic mass is 10.1. The summed E-state index contributed by atoms with van der Waals surface area (Å²) in [5.41, 5.74) is 5.07. The molecule has 0 aliphatic heterocycles. The maximum atomic E-state index is 11.5. The molecule has 0 unspecified atom stereocenters. The standard InChI is InChI=1S/C9H13N5O2/c1-9(2,16-3)7-11-4-5(12-7)13-8(10)14-6(4)15/h1-3H3,(H4,10,11,12,13,14,15). The van der Waals surface area contributed by atoms with Gasteiger partial charge in [-0.2, -0.15) is 4.98 Å². The first kappa shape index (κ1) is 10.6. The topological polar surface area (TPSA) is 110 Å². The van der Waals surface area contributed by atoms with Gasteiger partial charge < -0.3 is 15.5 Å². The highest BCUT2D eigenvalue weighted by Crippen LogP contribution is 2.21. The molecule has 0 saturated heterocycles. The highest BCUT2D eigenvalue weighted by atomic mass is 16.5. The molecule has 7 heteroatoms. The fourth-order valence-corrected chi connectivity index (χ4v) is 1.31. The molecule has 0 aliphatic rings. The van der Waals surface area contributed by atoms with Crippen molar-refractivity contribution in [1.82, 2.24) is 19.9 Å². The van der Waals surface area contributed by atoms with Gasteiger partial charge in [0.15, 0.2) is 11.2 Å². The van der Waals surface area contributed by atoms with Gasteiger partial charge in [-0.05, 0) is 13.8 Å². The van der Waals surface area contributed by atoms with E-state index in [1.807, 2.05) is 13.8 Å². The third-order valence-corrected chi connectivity index (χ3v) is 2.46. The number of nitrogens with one attached hydrogen (secondary N) is 2. The maximum Gasteiger partial charge on any atom is 0.278 e. The van der Waals surface area contributed by atoms with Gasteiger partial charge in [0, 0.05) is 7.11 Å². The summed E-state index contributed by atoms with van der Waals surface area (Å²) in [5.74, 6) is 0.583. The van der Waals surface area contributed by atoms with Crippen molar-refractivity contribution in [2.45, 2.75) is 19.4 Å². The Kier molecular flexibility index (Phi) is 2.20. The van der Waals surface area contributed by atoms with Crippen LogP contribution in [-0.4, -0.2) is 27.0 Å². The number of hydrogen-bond acceptors (Lipinski definition) is 5. The Balaban J connectivity index is 2.70. The van der Waals surface area contributed by atoms with Crippen LogP contribution in [0.25, 0.3) is 11.2 Å². The van der Waals surface area contributed by atoms with E-state index in [-0.39, 0.29) is 11.5 Å². The van der Waals surface area contributed by atoms with E-state index in [0.717, 1.165) is 0 Å². The van der Waals surface area contributed by atoms with Crippen molar-refractivity contribution in [3.63, 3.8) is 0 Å². The van der Waals surface area contributed by atoms with Crippen molar-refractivity contribution in [3.8, 4) is 0 Å². The lowest BCUT2D eigenvalue weighted by molar-refractivity contribution is 0.0124. The van der Waals surface area contributed by atoms with Crippen LogP contribution < -0.4 is 11.3 Å². The van der Waals surface area contributed by atoms with Gasteiger partial charge in [0.2, 0.25) is 5.95 Å². The second kappa shape index (κ2) is 3.31. The molecule has 16 heavy (non-hydrogen) atoms. The zero-order valence-electron chi connectivity index (χ0n) is 9.29. The number of aromatic nitrogens is 4. The zero-order valence-corrected chi connectivity index (χ0v) is 9.29. The second-order valence-electron chi connectivity index (χ2n) is 3.95. The molecule has 0 bridgehead atoms. The second-order valence-corrected chi connectivity index (χ2v) is 3.95. The van der Waals surface area contributed by atoms with E-state index < -0.39 is 5.60 Å². The van der Waals surface area contributed by atoms with Gasteiger partial charge in [-0.15, -0.1) is 0 Å². The summed E-state index contributed by atoms with van der Waals surface area (Å²) in [6.45, 7) is 3.67. The summed E-state index contributed by atoms with van der Waals surface area (Å²) in [7, 11) is 1.57. The molecule has 0 radical (unpaired) electrons. The van der Waals surface area contributed by atoms with Crippen LogP contribution in [0.1, 0.15) is 19.7 Å². The number of rotatable bonds is 2. The number of nitrogen functional groups attached to an aromatic ring is 1. The number of nitrogens with two attached hydrogens (primary N) is 1. The van der Waals surface area contributed by atoms with E-state index in [9.17, 15) is 4.79 Å². The molecule has 0 spiro atoms. The van der Waals surface area contributed by atoms with Crippen LogP contribution in [-0.2, 0) is 10.3 Å². The molecule has 0 saturated carbocycles. The summed E-state index contributed by atoms with van der Waals surface area (Å²) in [5, 5.41) is 0. The average molecular weight is 223 g/mol. The van der Waals surface area contributed by atoms with E-state index in [4.69, 9.17) is 10.5 Å². The van der Waals surface area contributed by atoms with E-state index in [0.29, 0.717) is 17.0 Å². The molecule has 0 aliphatic carbocycles. The minimum atomic E-state index is -0.609. The van der Waals surface area contributed by atoms with Crippen LogP contribution >= 0.6 is 0 Å².